The normalized spacial score (nSPS) is 14.6. The molecule has 0 radical (unpaired) electrons. The maximum atomic E-state index is 13.4. The third-order valence-corrected chi connectivity index (χ3v) is 3.56. The van der Waals surface area contributed by atoms with Gasteiger partial charge in [0.15, 0.2) is 11.6 Å². The quantitative estimate of drug-likeness (QED) is 0.782. The van der Waals surface area contributed by atoms with Crippen LogP contribution < -0.4 is 16.0 Å². The first-order valence-electron chi connectivity index (χ1n) is 7.34. The van der Waals surface area contributed by atoms with Crippen molar-refractivity contribution in [1.29, 1.82) is 0 Å². The Hall–Kier alpha value is -2.18. The Morgan fingerprint density at radius 1 is 1.18 bits per heavy atom. The number of halogens is 2. The van der Waals surface area contributed by atoms with E-state index in [4.69, 9.17) is 0 Å². The molecule has 5 nitrogen and oxygen atoms in total. The number of benzene rings is 1. The van der Waals surface area contributed by atoms with E-state index in [2.05, 4.69) is 16.0 Å². The second-order valence-corrected chi connectivity index (χ2v) is 5.28. The average Bonchev–Trinajstić information content (AvgIpc) is 2.96. The fraction of sp³-hybridized carbons (Fsp3) is 0.467. The van der Waals surface area contributed by atoms with Crippen molar-refractivity contribution in [1.82, 2.24) is 10.6 Å². The van der Waals surface area contributed by atoms with Crippen molar-refractivity contribution in [3.63, 3.8) is 0 Å². The van der Waals surface area contributed by atoms with E-state index in [1.807, 2.05) is 0 Å². The lowest BCUT2D eigenvalue weighted by Gasteiger charge is -2.12. The number of amides is 3. The predicted molar refractivity (Wildman–Crippen MR) is 78.4 cm³/mol. The molecule has 0 unspecified atom stereocenters. The van der Waals surface area contributed by atoms with Gasteiger partial charge in [0.05, 0.1) is 5.69 Å². The van der Waals surface area contributed by atoms with Gasteiger partial charge in [-0.05, 0) is 25.0 Å². The van der Waals surface area contributed by atoms with E-state index in [0.717, 1.165) is 31.7 Å². The van der Waals surface area contributed by atoms with Crippen LogP contribution >= 0.6 is 0 Å². The van der Waals surface area contributed by atoms with Crippen LogP contribution in [0.25, 0.3) is 0 Å². The number of nitrogens with one attached hydrogen (secondary N) is 3. The molecule has 0 bridgehead atoms. The van der Waals surface area contributed by atoms with E-state index >= 15 is 0 Å². The molecule has 22 heavy (non-hydrogen) atoms. The minimum absolute atomic E-state index is 0.121. The molecular formula is C15H19F2N3O2. The summed E-state index contributed by atoms with van der Waals surface area (Å²) in [6.45, 7) is 0.126. The Morgan fingerprint density at radius 3 is 2.64 bits per heavy atom. The lowest BCUT2D eigenvalue weighted by Crippen LogP contribution is -2.36. The van der Waals surface area contributed by atoms with Gasteiger partial charge in [-0.3, -0.25) is 4.79 Å². The van der Waals surface area contributed by atoms with Gasteiger partial charge >= 0.3 is 6.03 Å². The maximum Gasteiger partial charge on any atom is 0.319 e. The number of carbonyl (C=O) groups is 2. The van der Waals surface area contributed by atoms with Crippen molar-refractivity contribution in [2.45, 2.75) is 38.1 Å². The molecule has 1 aromatic rings. The van der Waals surface area contributed by atoms with Gasteiger partial charge in [0, 0.05) is 19.0 Å². The molecule has 7 heteroatoms. The zero-order valence-electron chi connectivity index (χ0n) is 12.1. The highest BCUT2D eigenvalue weighted by atomic mass is 19.2. The number of urea groups is 1. The van der Waals surface area contributed by atoms with Crippen LogP contribution in [0.2, 0.25) is 0 Å². The van der Waals surface area contributed by atoms with Crippen LogP contribution in [0, 0.1) is 11.6 Å². The van der Waals surface area contributed by atoms with Crippen LogP contribution in [-0.2, 0) is 4.79 Å². The first-order valence-corrected chi connectivity index (χ1v) is 7.34. The molecule has 0 atom stereocenters. The molecule has 1 aliphatic carbocycles. The molecule has 1 saturated carbocycles. The highest BCUT2D eigenvalue weighted by molar-refractivity contribution is 5.89. The minimum Gasteiger partial charge on any atom is -0.353 e. The molecule has 0 aromatic heterocycles. The Kier molecular flexibility index (Phi) is 5.68. The zero-order chi connectivity index (χ0) is 15.9. The fourth-order valence-corrected chi connectivity index (χ4v) is 2.43. The zero-order valence-corrected chi connectivity index (χ0v) is 12.1. The topological polar surface area (TPSA) is 70.2 Å². The van der Waals surface area contributed by atoms with E-state index in [0.29, 0.717) is 0 Å². The first kappa shape index (κ1) is 16.2. The molecule has 120 valence electrons. The molecule has 2 rings (SSSR count). The Bertz CT molecular complexity index is 546. The summed E-state index contributed by atoms with van der Waals surface area (Å²) in [5, 5.41) is 7.53. The third kappa shape index (κ3) is 4.68. The molecule has 1 aliphatic rings. The summed E-state index contributed by atoms with van der Waals surface area (Å²) in [4.78, 5) is 23.2. The van der Waals surface area contributed by atoms with E-state index < -0.39 is 17.7 Å². The Balaban J connectivity index is 1.69. The van der Waals surface area contributed by atoms with Crippen LogP contribution in [0.15, 0.2) is 18.2 Å². The summed E-state index contributed by atoms with van der Waals surface area (Å²) in [5.74, 6) is -2.27. The smallest absolute Gasteiger partial charge is 0.319 e. The second kappa shape index (κ2) is 7.72. The average molecular weight is 311 g/mol. The molecule has 0 saturated heterocycles. The lowest BCUT2D eigenvalue weighted by molar-refractivity contribution is -0.121. The lowest BCUT2D eigenvalue weighted by atomic mass is 10.2. The van der Waals surface area contributed by atoms with Gasteiger partial charge in [0.1, 0.15) is 0 Å². The van der Waals surface area contributed by atoms with Gasteiger partial charge in [-0.1, -0.05) is 18.9 Å². The van der Waals surface area contributed by atoms with Gasteiger partial charge in [-0.15, -0.1) is 0 Å². The van der Waals surface area contributed by atoms with Crippen LogP contribution in [0.1, 0.15) is 32.1 Å². The molecule has 1 aromatic carbocycles. The van der Waals surface area contributed by atoms with E-state index in [1.54, 1.807) is 0 Å². The van der Waals surface area contributed by atoms with Crippen molar-refractivity contribution in [2.24, 2.45) is 0 Å². The molecule has 1 fully saturated rings. The molecular weight excluding hydrogens is 292 g/mol. The molecule has 3 N–H and O–H groups in total. The first-order chi connectivity index (χ1) is 10.6. The summed E-state index contributed by atoms with van der Waals surface area (Å²) in [5.41, 5.74) is -0.243. The number of hydrogen-bond acceptors (Lipinski definition) is 2. The van der Waals surface area contributed by atoms with Gasteiger partial charge in [0.2, 0.25) is 5.91 Å². The summed E-state index contributed by atoms with van der Waals surface area (Å²) < 4.78 is 26.3. The summed E-state index contributed by atoms with van der Waals surface area (Å²) in [6.07, 6.45) is 4.40. The van der Waals surface area contributed by atoms with Crippen molar-refractivity contribution in [2.75, 3.05) is 11.9 Å². The molecule has 0 spiro atoms. The second-order valence-electron chi connectivity index (χ2n) is 5.28. The number of carbonyl (C=O) groups excluding carboxylic acids is 2. The van der Waals surface area contributed by atoms with Crippen LogP contribution in [0.3, 0.4) is 0 Å². The number of anilines is 1. The van der Waals surface area contributed by atoms with Crippen LogP contribution in [0.5, 0.6) is 0 Å². The van der Waals surface area contributed by atoms with Crippen LogP contribution in [-0.4, -0.2) is 24.5 Å². The molecule has 0 heterocycles. The minimum atomic E-state index is -1.11. The van der Waals surface area contributed by atoms with Gasteiger partial charge < -0.3 is 16.0 Å². The van der Waals surface area contributed by atoms with E-state index in [1.165, 1.54) is 12.1 Å². The van der Waals surface area contributed by atoms with Crippen molar-refractivity contribution in [3.8, 4) is 0 Å². The fourth-order valence-electron chi connectivity index (χ4n) is 2.43. The highest BCUT2D eigenvalue weighted by Crippen LogP contribution is 2.17. The van der Waals surface area contributed by atoms with E-state index in [-0.39, 0.29) is 30.6 Å². The van der Waals surface area contributed by atoms with Crippen LogP contribution in [0.4, 0.5) is 19.3 Å². The summed E-state index contributed by atoms with van der Waals surface area (Å²) in [7, 11) is 0. The van der Waals surface area contributed by atoms with Crippen molar-refractivity contribution in [3.05, 3.63) is 29.8 Å². The largest absolute Gasteiger partial charge is 0.353 e. The molecule has 3 amide bonds. The van der Waals surface area contributed by atoms with Gasteiger partial charge in [-0.25, -0.2) is 13.6 Å². The Morgan fingerprint density at radius 2 is 1.91 bits per heavy atom. The number of hydrogen-bond donors (Lipinski definition) is 3. The Labute approximate surface area is 127 Å². The van der Waals surface area contributed by atoms with Gasteiger partial charge in [-0.2, -0.15) is 0 Å². The third-order valence-electron chi connectivity index (χ3n) is 3.56. The standard InChI is InChI=1S/C15H19F2N3O2/c16-11-6-3-7-12(14(11)17)20-15(22)18-9-8-13(21)19-10-4-1-2-5-10/h3,6-7,10H,1-2,4-5,8-9H2,(H,19,21)(H2,18,20,22). The van der Waals surface area contributed by atoms with Crippen molar-refractivity contribution < 1.29 is 18.4 Å². The number of rotatable bonds is 5. The van der Waals surface area contributed by atoms with Crippen molar-refractivity contribution >= 4 is 17.6 Å². The SMILES string of the molecule is O=C(CCNC(=O)Nc1cccc(F)c1F)NC1CCCC1. The monoisotopic (exact) mass is 311 g/mol. The van der Waals surface area contributed by atoms with E-state index in [9.17, 15) is 18.4 Å². The summed E-state index contributed by atoms with van der Waals surface area (Å²) in [6, 6.07) is 3.07. The predicted octanol–water partition coefficient (Wildman–Crippen LogP) is 2.54. The highest BCUT2D eigenvalue weighted by Gasteiger charge is 2.17. The summed E-state index contributed by atoms with van der Waals surface area (Å²) >= 11 is 0. The van der Waals surface area contributed by atoms with Gasteiger partial charge in [0.25, 0.3) is 0 Å². The maximum absolute atomic E-state index is 13.4. The molecule has 0 aliphatic heterocycles.